The number of hydrogen-bond donors (Lipinski definition) is 2. The Kier molecular flexibility index (Phi) is 4.93. The molecule has 0 amide bonds. The number of quaternary nitrogens is 2. The predicted molar refractivity (Wildman–Crippen MR) is 74.1 cm³/mol. The van der Waals surface area contributed by atoms with Gasteiger partial charge in [-0.15, -0.1) is 0 Å². The molecule has 0 aromatic heterocycles. The third-order valence-corrected chi connectivity index (χ3v) is 3.99. The number of methoxy groups -OCH3 is 1. The van der Waals surface area contributed by atoms with Crippen molar-refractivity contribution in [3.63, 3.8) is 0 Å². The number of likely N-dealkylation sites (N-methyl/N-ethyl adjacent to an activating group) is 1. The van der Waals surface area contributed by atoms with E-state index in [-0.39, 0.29) is 5.78 Å². The van der Waals surface area contributed by atoms with Crippen LogP contribution >= 0.6 is 0 Å². The first-order valence-corrected chi connectivity index (χ1v) is 7.07. The first-order chi connectivity index (χ1) is 9.22. The average molecular weight is 264 g/mol. The minimum Gasteiger partial charge on any atom is -0.497 e. The second-order valence-corrected chi connectivity index (χ2v) is 5.18. The molecule has 1 heterocycles. The van der Waals surface area contributed by atoms with Crippen molar-refractivity contribution in [2.24, 2.45) is 0 Å². The second-order valence-electron chi connectivity index (χ2n) is 5.18. The van der Waals surface area contributed by atoms with Gasteiger partial charge in [-0.25, -0.2) is 0 Å². The van der Waals surface area contributed by atoms with Gasteiger partial charge in [-0.1, -0.05) is 0 Å². The molecule has 0 spiro atoms. The molecule has 4 nitrogen and oxygen atoms in total. The van der Waals surface area contributed by atoms with E-state index in [1.54, 1.807) is 12.0 Å². The second kappa shape index (κ2) is 6.68. The lowest BCUT2D eigenvalue weighted by Crippen LogP contribution is -3.28. The maximum absolute atomic E-state index is 12.2. The van der Waals surface area contributed by atoms with Crippen molar-refractivity contribution in [2.75, 3.05) is 46.4 Å². The fourth-order valence-electron chi connectivity index (χ4n) is 2.59. The summed E-state index contributed by atoms with van der Waals surface area (Å²) in [5.41, 5.74) is 0.790. The van der Waals surface area contributed by atoms with Gasteiger partial charge in [-0.3, -0.25) is 4.79 Å². The number of Topliss-reactive ketones (excluding diaryl/α,β-unsaturated/α-hetero) is 1. The van der Waals surface area contributed by atoms with Crippen molar-refractivity contribution in [3.8, 4) is 5.75 Å². The van der Waals surface area contributed by atoms with Crippen LogP contribution in [0.1, 0.15) is 17.3 Å². The molecule has 1 fully saturated rings. The summed E-state index contributed by atoms with van der Waals surface area (Å²) < 4.78 is 5.10. The molecule has 1 aromatic rings. The zero-order valence-corrected chi connectivity index (χ0v) is 11.9. The molecule has 1 aliphatic heterocycles. The van der Waals surface area contributed by atoms with Crippen LogP contribution in [0, 0.1) is 0 Å². The molecule has 2 N–H and O–H groups in total. The van der Waals surface area contributed by atoms with E-state index in [1.807, 2.05) is 24.3 Å². The van der Waals surface area contributed by atoms with Crippen LogP contribution < -0.4 is 14.5 Å². The van der Waals surface area contributed by atoms with Crippen molar-refractivity contribution in [1.29, 1.82) is 0 Å². The number of hydrogen-bond acceptors (Lipinski definition) is 2. The van der Waals surface area contributed by atoms with E-state index in [2.05, 4.69) is 6.92 Å². The lowest BCUT2D eigenvalue weighted by Gasteiger charge is -2.28. The summed E-state index contributed by atoms with van der Waals surface area (Å²) in [4.78, 5) is 15.3. The van der Waals surface area contributed by atoms with Crippen LogP contribution in [0.3, 0.4) is 0 Å². The van der Waals surface area contributed by atoms with E-state index in [9.17, 15) is 4.79 Å². The highest BCUT2D eigenvalue weighted by molar-refractivity contribution is 5.96. The van der Waals surface area contributed by atoms with Crippen LogP contribution in [-0.4, -0.2) is 52.2 Å². The topological polar surface area (TPSA) is 35.2 Å². The standard InChI is InChI=1S/C15H22N2O2/c1-3-16-8-10-17(11-9-16)12-15(18)13-4-6-14(19-2)7-5-13/h4-7H,3,8-12H2,1-2H3/p+2. The Labute approximate surface area is 115 Å². The number of ketones is 1. The van der Waals surface area contributed by atoms with Gasteiger partial charge in [0, 0.05) is 5.56 Å². The van der Waals surface area contributed by atoms with E-state index in [4.69, 9.17) is 4.74 Å². The number of carbonyl (C=O) groups is 1. The Bertz CT molecular complexity index is 409. The molecule has 0 bridgehead atoms. The minimum absolute atomic E-state index is 0.234. The van der Waals surface area contributed by atoms with Gasteiger partial charge in [-0.2, -0.15) is 0 Å². The number of rotatable bonds is 5. The molecule has 2 rings (SSSR count). The first kappa shape index (κ1) is 14.0. The minimum atomic E-state index is 0.234. The van der Waals surface area contributed by atoms with E-state index in [0.29, 0.717) is 6.54 Å². The lowest BCUT2D eigenvalue weighted by atomic mass is 10.1. The van der Waals surface area contributed by atoms with Crippen molar-refractivity contribution >= 4 is 5.78 Å². The van der Waals surface area contributed by atoms with E-state index in [1.165, 1.54) is 24.5 Å². The third-order valence-electron chi connectivity index (χ3n) is 3.99. The van der Waals surface area contributed by atoms with Crippen LogP contribution in [0.15, 0.2) is 24.3 Å². The maximum atomic E-state index is 12.2. The highest BCUT2D eigenvalue weighted by atomic mass is 16.5. The van der Waals surface area contributed by atoms with Gasteiger partial charge in [-0.05, 0) is 31.2 Å². The number of piperazine rings is 1. The Morgan fingerprint density at radius 1 is 1.11 bits per heavy atom. The first-order valence-electron chi connectivity index (χ1n) is 7.07. The van der Waals surface area contributed by atoms with Gasteiger partial charge >= 0.3 is 0 Å². The molecule has 1 aliphatic rings. The molecule has 19 heavy (non-hydrogen) atoms. The van der Waals surface area contributed by atoms with Gasteiger partial charge in [0.1, 0.15) is 38.5 Å². The van der Waals surface area contributed by atoms with Gasteiger partial charge in [0.2, 0.25) is 5.78 Å². The van der Waals surface area contributed by atoms with Gasteiger partial charge in [0.25, 0.3) is 0 Å². The largest absolute Gasteiger partial charge is 0.497 e. The highest BCUT2D eigenvalue weighted by Gasteiger charge is 2.23. The van der Waals surface area contributed by atoms with Crippen molar-refractivity contribution in [2.45, 2.75) is 6.92 Å². The van der Waals surface area contributed by atoms with Gasteiger partial charge in [0.15, 0.2) is 0 Å². The number of ether oxygens (including phenoxy) is 1. The fraction of sp³-hybridized carbons (Fsp3) is 0.533. The zero-order valence-electron chi connectivity index (χ0n) is 11.9. The predicted octanol–water partition coefficient (Wildman–Crippen LogP) is -1.32. The molecule has 4 heteroatoms. The molecule has 0 saturated carbocycles. The van der Waals surface area contributed by atoms with Gasteiger partial charge < -0.3 is 14.5 Å². The summed E-state index contributed by atoms with van der Waals surface area (Å²) >= 11 is 0. The Morgan fingerprint density at radius 2 is 1.68 bits per heavy atom. The molecular weight excluding hydrogens is 240 g/mol. The molecule has 0 unspecified atom stereocenters. The van der Waals surface area contributed by atoms with Crippen LogP contribution in [0.2, 0.25) is 0 Å². The number of nitrogens with one attached hydrogen (secondary N) is 2. The molecule has 0 radical (unpaired) electrons. The summed E-state index contributed by atoms with van der Waals surface area (Å²) in [6.07, 6.45) is 0. The maximum Gasteiger partial charge on any atom is 0.216 e. The molecule has 104 valence electrons. The average Bonchev–Trinajstić information content (AvgIpc) is 2.48. The lowest BCUT2D eigenvalue weighted by molar-refractivity contribution is -1.01. The SMILES string of the molecule is CC[NH+]1CC[NH+](CC(=O)c2ccc(OC)cc2)CC1. The van der Waals surface area contributed by atoms with Gasteiger partial charge in [0.05, 0.1) is 13.7 Å². The monoisotopic (exact) mass is 264 g/mol. The van der Waals surface area contributed by atoms with E-state index >= 15 is 0 Å². The normalized spacial score (nSPS) is 23.1. The summed E-state index contributed by atoms with van der Waals surface area (Å²) in [5.74, 6) is 1.03. The highest BCUT2D eigenvalue weighted by Crippen LogP contribution is 2.11. The Balaban J connectivity index is 1.87. The molecule has 1 saturated heterocycles. The van der Waals surface area contributed by atoms with Crippen LogP contribution in [-0.2, 0) is 0 Å². The van der Waals surface area contributed by atoms with Crippen LogP contribution in [0.4, 0.5) is 0 Å². The Hall–Kier alpha value is -1.39. The molecule has 1 aromatic carbocycles. The summed E-state index contributed by atoms with van der Waals surface area (Å²) in [5, 5.41) is 0. The quantitative estimate of drug-likeness (QED) is 0.647. The number of benzene rings is 1. The van der Waals surface area contributed by atoms with E-state index in [0.717, 1.165) is 24.4 Å². The third kappa shape index (κ3) is 3.78. The van der Waals surface area contributed by atoms with Crippen LogP contribution in [0.25, 0.3) is 0 Å². The zero-order chi connectivity index (χ0) is 13.7. The fourth-order valence-corrected chi connectivity index (χ4v) is 2.59. The smallest absolute Gasteiger partial charge is 0.216 e. The van der Waals surface area contributed by atoms with Crippen molar-refractivity contribution in [1.82, 2.24) is 0 Å². The molecular formula is C15H24N2O2+2. The molecule has 0 atom stereocenters. The Morgan fingerprint density at radius 3 is 2.21 bits per heavy atom. The van der Waals surface area contributed by atoms with Crippen molar-refractivity contribution < 1.29 is 19.3 Å². The van der Waals surface area contributed by atoms with Crippen molar-refractivity contribution in [3.05, 3.63) is 29.8 Å². The summed E-state index contributed by atoms with van der Waals surface area (Å²) in [6, 6.07) is 7.41. The molecule has 0 aliphatic carbocycles. The summed E-state index contributed by atoms with van der Waals surface area (Å²) in [7, 11) is 1.64. The summed E-state index contributed by atoms with van der Waals surface area (Å²) in [6.45, 7) is 8.60. The van der Waals surface area contributed by atoms with Crippen LogP contribution in [0.5, 0.6) is 5.75 Å². The van der Waals surface area contributed by atoms with E-state index < -0.39 is 0 Å². The number of carbonyl (C=O) groups excluding carboxylic acids is 1.